The zero-order valence-corrected chi connectivity index (χ0v) is 17.8. The summed E-state index contributed by atoms with van der Waals surface area (Å²) in [4.78, 5) is 28.8. The standard InChI is InChI=1S/C24H22F2N4O3/c25-18-3-1-15(2-4-18)22-27-28-23(33-22)16-9-11-29(12-10-16)24(32)17-13-21(31)30(14-17)20-7-5-19(26)6-8-20/h1-8,16-17H,9-14H2. The van der Waals surface area contributed by atoms with Crippen LogP contribution in [-0.4, -0.2) is 46.5 Å². The summed E-state index contributed by atoms with van der Waals surface area (Å²) in [5.74, 6) is -0.386. The van der Waals surface area contributed by atoms with Crippen LogP contribution in [0.4, 0.5) is 14.5 Å². The van der Waals surface area contributed by atoms with E-state index in [-0.39, 0.29) is 35.8 Å². The van der Waals surface area contributed by atoms with E-state index in [9.17, 15) is 18.4 Å². The van der Waals surface area contributed by atoms with Gasteiger partial charge in [-0.1, -0.05) is 0 Å². The van der Waals surface area contributed by atoms with E-state index in [0.29, 0.717) is 55.5 Å². The summed E-state index contributed by atoms with van der Waals surface area (Å²) in [6, 6.07) is 11.6. The molecule has 0 N–H and O–H groups in total. The highest BCUT2D eigenvalue weighted by Crippen LogP contribution is 2.32. The van der Waals surface area contributed by atoms with Gasteiger partial charge in [0, 0.05) is 43.2 Å². The lowest BCUT2D eigenvalue weighted by atomic mass is 9.95. The average Bonchev–Trinajstić information content (AvgIpc) is 3.47. The molecule has 0 saturated carbocycles. The molecule has 170 valence electrons. The van der Waals surface area contributed by atoms with Crippen LogP contribution >= 0.6 is 0 Å². The molecule has 2 aliphatic heterocycles. The van der Waals surface area contributed by atoms with Crippen molar-refractivity contribution in [1.82, 2.24) is 15.1 Å². The number of anilines is 1. The fraction of sp³-hybridized carbons (Fsp3) is 0.333. The Morgan fingerprint density at radius 3 is 2.24 bits per heavy atom. The average molecular weight is 452 g/mol. The van der Waals surface area contributed by atoms with Crippen LogP contribution in [-0.2, 0) is 9.59 Å². The van der Waals surface area contributed by atoms with Crippen LogP contribution in [0.25, 0.3) is 11.5 Å². The molecule has 2 aliphatic rings. The minimum atomic E-state index is -0.410. The smallest absolute Gasteiger partial charge is 0.247 e. The monoisotopic (exact) mass is 452 g/mol. The van der Waals surface area contributed by atoms with Gasteiger partial charge in [-0.15, -0.1) is 10.2 Å². The van der Waals surface area contributed by atoms with Crippen LogP contribution in [0.2, 0.25) is 0 Å². The molecule has 0 spiro atoms. The number of halogens is 2. The molecule has 7 nitrogen and oxygen atoms in total. The number of carbonyl (C=O) groups is 2. The highest BCUT2D eigenvalue weighted by molar-refractivity contribution is 6.00. The van der Waals surface area contributed by atoms with Crippen molar-refractivity contribution in [3.63, 3.8) is 0 Å². The molecule has 3 aromatic rings. The van der Waals surface area contributed by atoms with Crippen molar-refractivity contribution in [3.8, 4) is 11.5 Å². The maximum Gasteiger partial charge on any atom is 0.247 e. The Hall–Kier alpha value is -3.62. The van der Waals surface area contributed by atoms with E-state index in [4.69, 9.17) is 4.42 Å². The molecule has 3 heterocycles. The topological polar surface area (TPSA) is 79.5 Å². The summed E-state index contributed by atoms with van der Waals surface area (Å²) in [5.41, 5.74) is 1.25. The van der Waals surface area contributed by atoms with Gasteiger partial charge >= 0.3 is 0 Å². The summed E-state index contributed by atoms with van der Waals surface area (Å²) in [6.07, 6.45) is 1.51. The van der Waals surface area contributed by atoms with Gasteiger partial charge in [0.15, 0.2) is 0 Å². The molecule has 33 heavy (non-hydrogen) atoms. The zero-order chi connectivity index (χ0) is 22.9. The molecule has 0 radical (unpaired) electrons. The number of nitrogens with zero attached hydrogens (tertiary/aromatic N) is 4. The molecule has 2 saturated heterocycles. The maximum atomic E-state index is 13.2. The van der Waals surface area contributed by atoms with Gasteiger partial charge in [-0.05, 0) is 61.4 Å². The van der Waals surface area contributed by atoms with Crippen LogP contribution < -0.4 is 4.90 Å². The van der Waals surface area contributed by atoms with Gasteiger partial charge in [0.2, 0.25) is 23.6 Å². The minimum Gasteiger partial charge on any atom is -0.420 e. The second-order valence-corrected chi connectivity index (χ2v) is 8.43. The predicted molar refractivity (Wildman–Crippen MR) is 115 cm³/mol. The molecule has 5 rings (SSSR count). The summed E-state index contributed by atoms with van der Waals surface area (Å²) in [7, 11) is 0. The number of rotatable bonds is 4. The molecular weight excluding hydrogens is 430 g/mol. The van der Waals surface area contributed by atoms with Crippen molar-refractivity contribution >= 4 is 17.5 Å². The molecule has 0 bridgehead atoms. The number of hydrogen-bond acceptors (Lipinski definition) is 5. The van der Waals surface area contributed by atoms with Crippen LogP contribution in [0.15, 0.2) is 52.9 Å². The largest absolute Gasteiger partial charge is 0.420 e. The third-order valence-electron chi connectivity index (χ3n) is 6.30. The first-order valence-electron chi connectivity index (χ1n) is 10.9. The van der Waals surface area contributed by atoms with E-state index in [0.717, 1.165) is 0 Å². The molecule has 2 amide bonds. The molecule has 2 aromatic carbocycles. The lowest BCUT2D eigenvalue weighted by Gasteiger charge is -2.32. The summed E-state index contributed by atoms with van der Waals surface area (Å²) < 4.78 is 32.1. The normalized spacial score (nSPS) is 19.3. The zero-order valence-electron chi connectivity index (χ0n) is 17.8. The molecule has 1 aromatic heterocycles. The Morgan fingerprint density at radius 2 is 1.58 bits per heavy atom. The second-order valence-electron chi connectivity index (χ2n) is 8.43. The fourth-order valence-electron chi connectivity index (χ4n) is 4.46. The molecule has 9 heteroatoms. The van der Waals surface area contributed by atoms with Crippen molar-refractivity contribution in [2.45, 2.75) is 25.2 Å². The number of carbonyl (C=O) groups excluding carboxylic acids is 2. The van der Waals surface area contributed by atoms with Crippen LogP contribution in [0, 0.1) is 17.6 Å². The Morgan fingerprint density at radius 1 is 0.939 bits per heavy atom. The quantitative estimate of drug-likeness (QED) is 0.602. The number of likely N-dealkylation sites (tertiary alicyclic amines) is 1. The summed E-state index contributed by atoms with van der Waals surface area (Å²) in [5, 5.41) is 8.23. The minimum absolute atomic E-state index is 0.0380. The van der Waals surface area contributed by atoms with Gasteiger partial charge in [0.05, 0.1) is 5.92 Å². The number of amides is 2. The lowest BCUT2D eigenvalue weighted by Crippen LogP contribution is -2.42. The van der Waals surface area contributed by atoms with E-state index in [1.807, 2.05) is 0 Å². The van der Waals surface area contributed by atoms with Gasteiger partial charge in [-0.2, -0.15) is 0 Å². The fourth-order valence-corrected chi connectivity index (χ4v) is 4.46. The number of benzene rings is 2. The van der Waals surface area contributed by atoms with Crippen LogP contribution in [0.5, 0.6) is 0 Å². The molecule has 0 aliphatic carbocycles. The third-order valence-corrected chi connectivity index (χ3v) is 6.30. The number of aromatic nitrogens is 2. The SMILES string of the molecule is O=C(C1CC(=O)N(c2ccc(F)cc2)C1)N1CCC(c2nnc(-c3ccc(F)cc3)o2)CC1. The first-order chi connectivity index (χ1) is 16.0. The van der Waals surface area contributed by atoms with E-state index >= 15 is 0 Å². The van der Waals surface area contributed by atoms with Crippen molar-refractivity contribution in [2.24, 2.45) is 5.92 Å². The van der Waals surface area contributed by atoms with E-state index in [1.54, 1.807) is 34.1 Å². The van der Waals surface area contributed by atoms with E-state index in [2.05, 4.69) is 10.2 Å². The Kier molecular flexibility index (Phi) is 5.62. The van der Waals surface area contributed by atoms with Crippen LogP contribution in [0.3, 0.4) is 0 Å². The number of piperidine rings is 1. The second kappa shape index (κ2) is 8.73. The Bertz CT molecular complexity index is 1160. The lowest BCUT2D eigenvalue weighted by molar-refractivity contribution is -0.136. The highest BCUT2D eigenvalue weighted by Gasteiger charge is 2.38. The van der Waals surface area contributed by atoms with E-state index < -0.39 is 5.92 Å². The Labute approximate surface area is 189 Å². The predicted octanol–water partition coefficient (Wildman–Crippen LogP) is 3.77. The molecule has 1 atom stereocenters. The first-order valence-corrected chi connectivity index (χ1v) is 10.9. The molecular formula is C24H22F2N4O3. The number of hydrogen-bond donors (Lipinski definition) is 0. The summed E-state index contributed by atoms with van der Waals surface area (Å²) >= 11 is 0. The van der Waals surface area contributed by atoms with Gasteiger partial charge in [0.25, 0.3) is 0 Å². The third kappa shape index (κ3) is 4.35. The highest BCUT2D eigenvalue weighted by atomic mass is 19.1. The van der Waals surface area contributed by atoms with Crippen LogP contribution in [0.1, 0.15) is 31.1 Å². The molecule has 2 fully saturated rings. The van der Waals surface area contributed by atoms with Crippen molar-refractivity contribution in [2.75, 3.05) is 24.5 Å². The van der Waals surface area contributed by atoms with Crippen molar-refractivity contribution in [1.29, 1.82) is 0 Å². The molecule has 1 unspecified atom stereocenters. The van der Waals surface area contributed by atoms with Gasteiger partial charge in [-0.25, -0.2) is 8.78 Å². The summed E-state index contributed by atoms with van der Waals surface area (Å²) in [6.45, 7) is 1.38. The van der Waals surface area contributed by atoms with E-state index in [1.165, 1.54) is 24.3 Å². The van der Waals surface area contributed by atoms with Crippen molar-refractivity contribution in [3.05, 3.63) is 66.1 Å². The van der Waals surface area contributed by atoms with Gasteiger partial charge < -0.3 is 14.2 Å². The van der Waals surface area contributed by atoms with Gasteiger partial charge in [-0.3, -0.25) is 9.59 Å². The maximum absolute atomic E-state index is 13.2. The van der Waals surface area contributed by atoms with Crippen molar-refractivity contribution < 1.29 is 22.8 Å². The first kappa shape index (κ1) is 21.2. The van der Waals surface area contributed by atoms with Gasteiger partial charge in [0.1, 0.15) is 11.6 Å². The Balaban J connectivity index is 1.18.